The van der Waals surface area contributed by atoms with Crippen LogP contribution in [0.3, 0.4) is 0 Å². The molecule has 1 atom stereocenters. The standard InChI is InChI=1S/C24H28O2/c1-16(2)18-12-9-13-19(17(3)4)24(18,20-10-5-7-14-22(20)25)21-11-6-8-15-23(21)26/h5-18,25-26H,1-4H3. The van der Waals surface area contributed by atoms with Crippen LogP contribution in [-0.2, 0) is 5.41 Å². The van der Waals surface area contributed by atoms with E-state index >= 15 is 0 Å². The highest BCUT2D eigenvalue weighted by molar-refractivity contribution is 5.61. The summed E-state index contributed by atoms with van der Waals surface area (Å²) in [7, 11) is 0. The molecule has 2 N–H and O–H groups in total. The summed E-state index contributed by atoms with van der Waals surface area (Å²) in [6.07, 6.45) is 6.50. The molecule has 0 heterocycles. The first-order chi connectivity index (χ1) is 12.4. The van der Waals surface area contributed by atoms with Gasteiger partial charge in [0.05, 0.1) is 5.41 Å². The number of para-hydroxylation sites is 2. The SMILES string of the molecule is CC(C)C1=CC=CC(C(C)C)C1(c1ccccc1O)c1ccccc1O. The molecule has 0 aliphatic heterocycles. The highest BCUT2D eigenvalue weighted by Gasteiger charge is 2.49. The Morgan fingerprint density at radius 1 is 0.808 bits per heavy atom. The van der Waals surface area contributed by atoms with Gasteiger partial charge >= 0.3 is 0 Å². The number of hydrogen-bond acceptors (Lipinski definition) is 2. The normalized spacial score (nSPS) is 19.0. The van der Waals surface area contributed by atoms with Crippen molar-refractivity contribution >= 4 is 0 Å². The fourth-order valence-corrected chi connectivity index (χ4v) is 4.55. The summed E-state index contributed by atoms with van der Waals surface area (Å²) in [5, 5.41) is 21.7. The second-order valence-electron chi connectivity index (χ2n) is 7.77. The quantitative estimate of drug-likeness (QED) is 0.732. The molecule has 2 heteroatoms. The molecular formula is C24H28O2. The van der Waals surface area contributed by atoms with E-state index in [0.717, 1.165) is 11.1 Å². The van der Waals surface area contributed by atoms with Crippen LogP contribution in [0.5, 0.6) is 11.5 Å². The number of allylic oxidation sites excluding steroid dienone is 4. The molecule has 0 bridgehead atoms. The zero-order valence-corrected chi connectivity index (χ0v) is 16.0. The van der Waals surface area contributed by atoms with Gasteiger partial charge in [0.1, 0.15) is 11.5 Å². The van der Waals surface area contributed by atoms with Crippen LogP contribution in [0.4, 0.5) is 0 Å². The van der Waals surface area contributed by atoms with E-state index in [1.807, 2.05) is 36.4 Å². The van der Waals surface area contributed by atoms with Gasteiger partial charge in [0.2, 0.25) is 0 Å². The molecule has 1 aliphatic carbocycles. The van der Waals surface area contributed by atoms with Gasteiger partial charge in [-0.05, 0) is 29.9 Å². The number of aromatic hydroxyl groups is 2. The predicted molar refractivity (Wildman–Crippen MR) is 107 cm³/mol. The minimum atomic E-state index is -0.603. The van der Waals surface area contributed by atoms with Crippen molar-refractivity contribution in [3.05, 3.63) is 83.5 Å². The third-order valence-corrected chi connectivity index (χ3v) is 5.55. The van der Waals surface area contributed by atoms with Crippen LogP contribution in [0.15, 0.2) is 72.3 Å². The lowest BCUT2D eigenvalue weighted by atomic mass is 9.55. The van der Waals surface area contributed by atoms with Crippen LogP contribution in [0.25, 0.3) is 0 Å². The van der Waals surface area contributed by atoms with Crippen molar-refractivity contribution in [1.29, 1.82) is 0 Å². The maximum atomic E-state index is 10.8. The number of rotatable bonds is 4. The Kier molecular flexibility index (Phi) is 4.95. The third-order valence-electron chi connectivity index (χ3n) is 5.55. The van der Waals surface area contributed by atoms with E-state index in [1.165, 1.54) is 5.57 Å². The lowest BCUT2D eigenvalue weighted by Crippen LogP contribution is -2.43. The van der Waals surface area contributed by atoms with Crippen molar-refractivity contribution in [3.8, 4) is 11.5 Å². The van der Waals surface area contributed by atoms with Gasteiger partial charge < -0.3 is 10.2 Å². The Morgan fingerprint density at radius 2 is 1.31 bits per heavy atom. The molecule has 0 radical (unpaired) electrons. The van der Waals surface area contributed by atoms with Gasteiger partial charge in [0.25, 0.3) is 0 Å². The van der Waals surface area contributed by atoms with Crippen LogP contribution < -0.4 is 0 Å². The molecule has 0 fully saturated rings. The molecule has 0 amide bonds. The van der Waals surface area contributed by atoms with Crippen molar-refractivity contribution in [2.24, 2.45) is 17.8 Å². The first-order valence-electron chi connectivity index (χ1n) is 9.36. The van der Waals surface area contributed by atoms with Gasteiger partial charge in [-0.25, -0.2) is 0 Å². The molecule has 1 aliphatic rings. The highest BCUT2D eigenvalue weighted by atomic mass is 16.3. The number of phenols is 2. The smallest absolute Gasteiger partial charge is 0.120 e. The van der Waals surface area contributed by atoms with Gasteiger partial charge in [0.15, 0.2) is 0 Å². The zero-order chi connectivity index (χ0) is 18.9. The van der Waals surface area contributed by atoms with E-state index < -0.39 is 5.41 Å². The fourth-order valence-electron chi connectivity index (χ4n) is 4.55. The molecule has 0 saturated heterocycles. The largest absolute Gasteiger partial charge is 0.508 e. The zero-order valence-electron chi connectivity index (χ0n) is 16.0. The topological polar surface area (TPSA) is 40.5 Å². The summed E-state index contributed by atoms with van der Waals surface area (Å²) >= 11 is 0. The lowest BCUT2D eigenvalue weighted by Gasteiger charge is -2.48. The molecule has 26 heavy (non-hydrogen) atoms. The number of benzene rings is 2. The maximum Gasteiger partial charge on any atom is 0.120 e. The molecule has 1 unspecified atom stereocenters. The van der Waals surface area contributed by atoms with E-state index in [9.17, 15) is 10.2 Å². The Bertz CT molecular complexity index is 797. The molecule has 2 aromatic rings. The Labute approximate surface area is 156 Å². The Morgan fingerprint density at radius 3 is 1.73 bits per heavy atom. The summed E-state index contributed by atoms with van der Waals surface area (Å²) < 4.78 is 0. The van der Waals surface area contributed by atoms with Crippen LogP contribution in [0.1, 0.15) is 38.8 Å². The van der Waals surface area contributed by atoms with Gasteiger partial charge in [-0.15, -0.1) is 0 Å². The maximum absolute atomic E-state index is 10.8. The molecule has 0 aromatic heterocycles. The second kappa shape index (κ2) is 7.03. The van der Waals surface area contributed by atoms with E-state index in [-0.39, 0.29) is 23.3 Å². The average molecular weight is 348 g/mol. The molecule has 0 spiro atoms. The first-order valence-corrected chi connectivity index (χ1v) is 9.36. The summed E-state index contributed by atoms with van der Waals surface area (Å²) in [6.45, 7) is 8.76. The molecule has 2 nitrogen and oxygen atoms in total. The minimum absolute atomic E-state index is 0.117. The van der Waals surface area contributed by atoms with E-state index in [0.29, 0.717) is 5.92 Å². The molecule has 136 valence electrons. The van der Waals surface area contributed by atoms with Crippen LogP contribution in [0, 0.1) is 17.8 Å². The summed E-state index contributed by atoms with van der Waals surface area (Å²) in [6, 6.07) is 15.1. The van der Waals surface area contributed by atoms with E-state index in [4.69, 9.17) is 0 Å². The number of phenolic OH excluding ortho intramolecular Hbond substituents is 2. The van der Waals surface area contributed by atoms with Crippen molar-refractivity contribution in [1.82, 2.24) is 0 Å². The molecular weight excluding hydrogens is 320 g/mol. The Hall–Kier alpha value is -2.48. The van der Waals surface area contributed by atoms with Gasteiger partial charge in [-0.1, -0.05) is 87.9 Å². The monoisotopic (exact) mass is 348 g/mol. The van der Waals surface area contributed by atoms with Gasteiger partial charge in [0, 0.05) is 11.1 Å². The average Bonchev–Trinajstić information content (AvgIpc) is 2.61. The summed E-state index contributed by atoms with van der Waals surface area (Å²) in [5.74, 6) is 1.24. The van der Waals surface area contributed by atoms with Gasteiger partial charge in [-0.3, -0.25) is 0 Å². The molecule has 2 aromatic carbocycles. The van der Waals surface area contributed by atoms with E-state index in [1.54, 1.807) is 12.1 Å². The first kappa shape index (κ1) is 18.3. The molecule has 3 rings (SSSR count). The predicted octanol–water partition coefficient (Wildman–Crippen LogP) is 5.81. The minimum Gasteiger partial charge on any atom is -0.508 e. The third kappa shape index (κ3) is 2.74. The van der Waals surface area contributed by atoms with Crippen LogP contribution in [-0.4, -0.2) is 10.2 Å². The van der Waals surface area contributed by atoms with Crippen molar-refractivity contribution in [3.63, 3.8) is 0 Å². The fraction of sp³-hybridized carbons (Fsp3) is 0.333. The van der Waals surface area contributed by atoms with Gasteiger partial charge in [-0.2, -0.15) is 0 Å². The van der Waals surface area contributed by atoms with Crippen LogP contribution >= 0.6 is 0 Å². The van der Waals surface area contributed by atoms with Crippen molar-refractivity contribution < 1.29 is 10.2 Å². The lowest BCUT2D eigenvalue weighted by molar-refractivity contribution is 0.300. The number of hydrogen-bond donors (Lipinski definition) is 2. The highest BCUT2D eigenvalue weighted by Crippen LogP contribution is 2.56. The summed E-state index contributed by atoms with van der Waals surface area (Å²) in [5.41, 5.74) is 2.31. The molecule has 0 saturated carbocycles. The van der Waals surface area contributed by atoms with E-state index in [2.05, 4.69) is 45.9 Å². The van der Waals surface area contributed by atoms with Crippen molar-refractivity contribution in [2.75, 3.05) is 0 Å². The Balaban J connectivity index is 2.47. The summed E-state index contributed by atoms with van der Waals surface area (Å²) in [4.78, 5) is 0. The second-order valence-corrected chi connectivity index (χ2v) is 7.77. The van der Waals surface area contributed by atoms with Crippen molar-refractivity contribution in [2.45, 2.75) is 33.1 Å². The van der Waals surface area contributed by atoms with Crippen LogP contribution in [0.2, 0.25) is 0 Å².